The molecule has 0 aromatic carbocycles. The van der Waals surface area contributed by atoms with Gasteiger partial charge in [-0.25, -0.2) is 0 Å². The topological polar surface area (TPSA) is 0 Å². The molecule has 0 radical (unpaired) electrons. The van der Waals surface area contributed by atoms with E-state index in [9.17, 15) is 0 Å². The van der Waals surface area contributed by atoms with Crippen LogP contribution in [0, 0.1) is 0 Å². The van der Waals surface area contributed by atoms with Gasteiger partial charge in [0.1, 0.15) is 0 Å². The second kappa shape index (κ2) is 7.73. The molecule has 0 aliphatic carbocycles. The third-order valence-corrected chi connectivity index (χ3v) is 4.28. The number of unbranched alkanes of at least 4 members (excludes halogenated alkanes) is 3. The standard InChI is InChI=1S/C12H26S/c1-5-8-9-10-11-12(4,6-2)13-7-3/h5-11H2,1-4H3. The average molecular weight is 202 g/mol. The molecular formula is C12H26S. The van der Waals surface area contributed by atoms with Crippen molar-refractivity contribution in [2.45, 2.75) is 71.0 Å². The lowest BCUT2D eigenvalue weighted by molar-refractivity contribution is 0.517. The normalized spacial score (nSPS) is 15.7. The van der Waals surface area contributed by atoms with Gasteiger partial charge >= 0.3 is 0 Å². The van der Waals surface area contributed by atoms with Crippen molar-refractivity contribution >= 4 is 11.8 Å². The van der Waals surface area contributed by atoms with E-state index in [2.05, 4.69) is 39.5 Å². The van der Waals surface area contributed by atoms with Gasteiger partial charge in [-0.05, 0) is 18.6 Å². The van der Waals surface area contributed by atoms with Crippen LogP contribution in [0.2, 0.25) is 0 Å². The minimum Gasteiger partial charge on any atom is -0.156 e. The zero-order valence-electron chi connectivity index (χ0n) is 9.86. The molecule has 1 heteroatoms. The first-order valence-corrected chi connectivity index (χ1v) is 6.81. The van der Waals surface area contributed by atoms with E-state index in [-0.39, 0.29) is 0 Å². The highest BCUT2D eigenvalue weighted by molar-refractivity contribution is 8.00. The van der Waals surface area contributed by atoms with Crippen molar-refractivity contribution in [2.24, 2.45) is 0 Å². The Morgan fingerprint density at radius 2 is 1.69 bits per heavy atom. The van der Waals surface area contributed by atoms with Crippen LogP contribution in [0.3, 0.4) is 0 Å². The van der Waals surface area contributed by atoms with Crippen LogP contribution in [0.5, 0.6) is 0 Å². The summed E-state index contributed by atoms with van der Waals surface area (Å²) in [7, 11) is 0. The van der Waals surface area contributed by atoms with Crippen LogP contribution in [0.15, 0.2) is 0 Å². The highest BCUT2D eigenvalue weighted by atomic mass is 32.2. The Morgan fingerprint density at radius 1 is 1.00 bits per heavy atom. The summed E-state index contributed by atoms with van der Waals surface area (Å²) in [6, 6.07) is 0. The molecule has 0 saturated heterocycles. The molecule has 13 heavy (non-hydrogen) atoms. The molecule has 0 heterocycles. The van der Waals surface area contributed by atoms with E-state index in [0.29, 0.717) is 4.75 Å². The molecule has 1 atom stereocenters. The van der Waals surface area contributed by atoms with Crippen molar-refractivity contribution in [2.75, 3.05) is 5.75 Å². The van der Waals surface area contributed by atoms with E-state index in [4.69, 9.17) is 0 Å². The summed E-state index contributed by atoms with van der Waals surface area (Å²) in [4.78, 5) is 0. The van der Waals surface area contributed by atoms with Crippen molar-refractivity contribution < 1.29 is 0 Å². The predicted octanol–water partition coefficient (Wildman–Crippen LogP) is 4.88. The Morgan fingerprint density at radius 3 is 2.15 bits per heavy atom. The van der Waals surface area contributed by atoms with Gasteiger partial charge < -0.3 is 0 Å². The summed E-state index contributed by atoms with van der Waals surface area (Å²) in [6.07, 6.45) is 8.33. The zero-order valence-corrected chi connectivity index (χ0v) is 10.7. The Kier molecular flexibility index (Phi) is 7.93. The molecule has 0 saturated carbocycles. The summed E-state index contributed by atoms with van der Waals surface area (Å²) in [6.45, 7) is 9.29. The fourth-order valence-corrected chi connectivity index (χ4v) is 2.81. The quantitative estimate of drug-likeness (QED) is 0.506. The fraction of sp³-hybridized carbons (Fsp3) is 1.00. The van der Waals surface area contributed by atoms with Crippen LogP contribution in [0.25, 0.3) is 0 Å². The zero-order chi connectivity index (χ0) is 10.2. The van der Waals surface area contributed by atoms with Gasteiger partial charge in [0, 0.05) is 4.75 Å². The van der Waals surface area contributed by atoms with Crippen LogP contribution < -0.4 is 0 Å². The summed E-state index contributed by atoms with van der Waals surface area (Å²) in [5, 5.41) is 0. The second-order valence-corrected chi connectivity index (χ2v) is 5.90. The second-order valence-electron chi connectivity index (χ2n) is 4.05. The molecule has 0 bridgehead atoms. The van der Waals surface area contributed by atoms with Crippen LogP contribution in [0.4, 0.5) is 0 Å². The number of rotatable bonds is 8. The van der Waals surface area contributed by atoms with Crippen molar-refractivity contribution in [3.63, 3.8) is 0 Å². The maximum Gasteiger partial charge on any atom is 0.0129 e. The molecule has 0 fully saturated rings. The Bertz CT molecular complexity index is 112. The lowest BCUT2D eigenvalue weighted by Gasteiger charge is -2.27. The molecule has 0 spiro atoms. The third kappa shape index (κ3) is 6.42. The van der Waals surface area contributed by atoms with Gasteiger partial charge in [-0.3, -0.25) is 0 Å². The van der Waals surface area contributed by atoms with Gasteiger partial charge in [0.25, 0.3) is 0 Å². The summed E-state index contributed by atoms with van der Waals surface area (Å²) < 4.78 is 0.558. The lowest BCUT2D eigenvalue weighted by Crippen LogP contribution is -2.18. The molecule has 0 aliphatic heterocycles. The SMILES string of the molecule is CCCCCCC(C)(CC)SCC. The Balaban J connectivity index is 3.57. The van der Waals surface area contributed by atoms with E-state index >= 15 is 0 Å². The highest BCUT2D eigenvalue weighted by Gasteiger charge is 2.20. The van der Waals surface area contributed by atoms with E-state index < -0.39 is 0 Å². The first-order chi connectivity index (χ1) is 6.18. The van der Waals surface area contributed by atoms with Crippen LogP contribution in [-0.4, -0.2) is 10.5 Å². The fourth-order valence-electron chi connectivity index (χ4n) is 1.63. The smallest absolute Gasteiger partial charge is 0.0129 e. The molecule has 0 aromatic heterocycles. The summed E-state index contributed by atoms with van der Waals surface area (Å²) in [5.74, 6) is 1.26. The maximum atomic E-state index is 2.42. The molecule has 0 aliphatic rings. The Hall–Kier alpha value is 0.350. The summed E-state index contributed by atoms with van der Waals surface area (Å²) in [5.41, 5.74) is 0. The van der Waals surface area contributed by atoms with Gasteiger partial charge in [-0.1, -0.05) is 53.4 Å². The van der Waals surface area contributed by atoms with Crippen molar-refractivity contribution in [1.82, 2.24) is 0 Å². The highest BCUT2D eigenvalue weighted by Crippen LogP contribution is 2.33. The molecule has 0 amide bonds. The molecule has 80 valence electrons. The average Bonchev–Trinajstić information content (AvgIpc) is 2.13. The van der Waals surface area contributed by atoms with Crippen LogP contribution in [-0.2, 0) is 0 Å². The van der Waals surface area contributed by atoms with Gasteiger partial charge in [-0.2, -0.15) is 11.8 Å². The van der Waals surface area contributed by atoms with Gasteiger partial charge in [0.15, 0.2) is 0 Å². The molecule has 0 N–H and O–H groups in total. The molecule has 0 aromatic rings. The predicted molar refractivity (Wildman–Crippen MR) is 65.6 cm³/mol. The first kappa shape index (κ1) is 13.4. The minimum atomic E-state index is 0.558. The van der Waals surface area contributed by atoms with Gasteiger partial charge in [0.2, 0.25) is 0 Å². The van der Waals surface area contributed by atoms with E-state index in [1.165, 1.54) is 44.3 Å². The van der Waals surface area contributed by atoms with Crippen molar-refractivity contribution in [3.8, 4) is 0 Å². The lowest BCUT2D eigenvalue weighted by atomic mass is 9.99. The van der Waals surface area contributed by atoms with Crippen molar-refractivity contribution in [3.05, 3.63) is 0 Å². The van der Waals surface area contributed by atoms with E-state index in [1.54, 1.807) is 0 Å². The first-order valence-electron chi connectivity index (χ1n) is 5.82. The maximum absolute atomic E-state index is 2.42. The molecule has 1 unspecified atom stereocenters. The monoisotopic (exact) mass is 202 g/mol. The molecular weight excluding hydrogens is 176 g/mol. The van der Waals surface area contributed by atoms with E-state index in [1.807, 2.05) is 0 Å². The molecule has 0 rings (SSSR count). The van der Waals surface area contributed by atoms with Gasteiger partial charge in [-0.15, -0.1) is 0 Å². The number of thioether (sulfide) groups is 1. The van der Waals surface area contributed by atoms with Crippen LogP contribution >= 0.6 is 11.8 Å². The van der Waals surface area contributed by atoms with E-state index in [0.717, 1.165) is 0 Å². The number of hydrogen-bond donors (Lipinski definition) is 0. The van der Waals surface area contributed by atoms with Crippen molar-refractivity contribution in [1.29, 1.82) is 0 Å². The Labute approximate surface area is 88.9 Å². The minimum absolute atomic E-state index is 0.558. The molecule has 0 nitrogen and oxygen atoms in total. The number of hydrogen-bond acceptors (Lipinski definition) is 1. The van der Waals surface area contributed by atoms with Crippen LogP contribution in [0.1, 0.15) is 66.2 Å². The largest absolute Gasteiger partial charge is 0.156 e. The summed E-state index contributed by atoms with van der Waals surface area (Å²) >= 11 is 2.14. The third-order valence-electron chi connectivity index (χ3n) is 2.80. The van der Waals surface area contributed by atoms with Gasteiger partial charge in [0.05, 0.1) is 0 Å².